The van der Waals surface area contributed by atoms with Crippen LogP contribution < -0.4 is 4.74 Å². The molecule has 0 atom stereocenters. The van der Waals surface area contributed by atoms with Gasteiger partial charge in [-0.15, -0.1) is 0 Å². The summed E-state index contributed by atoms with van der Waals surface area (Å²) < 4.78 is 6.33. The molecule has 0 aromatic heterocycles. The molecular formula is C15H8Br2N2O6. The van der Waals surface area contributed by atoms with Crippen LogP contribution in [0.15, 0.2) is 51.5 Å². The number of nitrogens with zero attached hydrogens (tertiary/aromatic N) is 2. The van der Waals surface area contributed by atoms with Gasteiger partial charge in [0.2, 0.25) is 6.20 Å². The van der Waals surface area contributed by atoms with Crippen LogP contribution in [0.3, 0.4) is 0 Å². The second-order valence-electron chi connectivity index (χ2n) is 4.60. The molecule has 0 N–H and O–H groups in total. The van der Waals surface area contributed by atoms with E-state index < -0.39 is 15.8 Å². The van der Waals surface area contributed by atoms with E-state index in [1.54, 1.807) is 12.1 Å². The molecule has 2 aromatic carbocycles. The zero-order chi connectivity index (χ0) is 18.6. The van der Waals surface area contributed by atoms with E-state index in [1.165, 1.54) is 30.3 Å². The lowest BCUT2D eigenvalue weighted by atomic mass is 10.2. The van der Waals surface area contributed by atoms with Crippen LogP contribution in [0, 0.1) is 20.2 Å². The van der Waals surface area contributed by atoms with Crippen LogP contribution in [0.4, 0.5) is 5.69 Å². The average molecular weight is 472 g/mol. The van der Waals surface area contributed by atoms with Gasteiger partial charge in [-0.1, -0.05) is 15.9 Å². The normalized spacial score (nSPS) is 10.6. The molecule has 0 radical (unpaired) electrons. The summed E-state index contributed by atoms with van der Waals surface area (Å²) in [5.74, 6) is -0.668. The summed E-state index contributed by atoms with van der Waals surface area (Å²) in [5.41, 5.74) is 0.244. The molecule has 2 rings (SSSR count). The van der Waals surface area contributed by atoms with Crippen molar-refractivity contribution in [2.75, 3.05) is 0 Å². The smallest absolute Gasteiger partial charge is 0.343 e. The van der Waals surface area contributed by atoms with Crippen molar-refractivity contribution in [2.45, 2.75) is 0 Å². The van der Waals surface area contributed by atoms with Crippen LogP contribution in [0.5, 0.6) is 5.75 Å². The number of esters is 1. The Labute approximate surface area is 157 Å². The van der Waals surface area contributed by atoms with Crippen molar-refractivity contribution in [3.8, 4) is 5.75 Å². The number of non-ortho nitro benzene ring substituents is 1. The third kappa shape index (κ3) is 4.94. The van der Waals surface area contributed by atoms with Gasteiger partial charge < -0.3 is 4.74 Å². The monoisotopic (exact) mass is 470 g/mol. The van der Waals surface area contributed by atoms with Crippen molar-refractivity contribution in [2.24, 2.45) is 0 Å². The van der Waals surface area contributed by atoms with E-state index in [1.807, 2.05) is 0 Å². The molecule has 0 unspecified atom stereocenters. The maximum Gasteiger partial charge on any atom is 0.343 e. The summed E-state index contributed by atoms with van der Waals surface area (Å²) in [6.07, 6.45) is 1.91. The Morgan fingerprint density at radius 2 is 1.72 bits per heavy atom. The van der Waals surface area contributed by atoms with Gasteiger partial charge in [0.05, 0.1) is 19.9 Å². The first kappa shape index (κ1) is 18.7. The van der Waals surface area contributed by atoms with Crippen LogP contribution >= 0.6 is 31.9 Å². The SMILES string of the molecule is O=C(Oc1c(Br)cc(Br)cc1C=C[N+](=O)[O-])c1ccc([N+](=O)[O-])cc1. The van der Waals surface area contributed by atoms with E-state index in [2.05, 4.69) is 31.9 Å². The molecule has 0 aliphatic carbocycles. The van der Waals surface area contributed by atoms with Crippen molar-refractivity contribution < 1.29 is 19.4 Å². The van der Waals surface area contributed by atoms with Gasteiger partial charge in [-0.3, -0.25) is 20.2 Å². The van der Waals surface area contributed by atoms with E-state index >= 15 is 0 Å². The molecule has 0 saturated carbocycles. The lowest BCUT2D eigenvalue weighted by Crippen LogP contribution is -2.10. The molecular weight excluding hydrogens is 464 g/mol. The topological polar surface area (TPSA) is 113 Å². The van der Waals surface area contributed by atoms with E-state index in [4.69, 9.17) is 4.74 Å². The Hall–Kier alpha value is -2.59. The molecule has 0 amide bonds. The van der Waals surface area contributed by atoms with Crippen molar-refractivity contribution in [3.05, 3.63) is 82.9 Å². The lowest BCUT2D eigenvalue weighted by molar-refractivity contribution is -0.400. The molecule has 0 fully saturated rings. The van der Waals surface area contributed by atoms with E-state index in [0.29, 0.717) is 14.5 Å². The molecule has 0 aliphatic rings. The number of hydrogen-bond acceptors (Lipinski definition) is 6. The molecule has 128 valence electrons. The van der Waals surface area contributed by atoms with E-state index in [0.717, 1.165) is 6.20 Å². The van der Waals surface area contributed by atoms with Crippen molar-refractivity contribution in [1.29, 1.82) is 0 Å². The van der Waals surface area contributed by atoms with Crippen LogP contribution in [0.2, 0.25) is 0 Å². The summed E-state index contributed by atoms with van der Waals surface area (Å²) >= 11 is 6.49. The second kappa shape index (κ2) is 7.99. The maximum absolute atomic E-state index is 12.2. The highest BCUT2D eigenvalue weighted by molar-refractivity contribution is 9.11. The van der Waals surface area contributed by atoms with Gasteiger partial charge in [-0.25, -0.2) is 4.79 Å². The molecule has 10 heteroatoms. The largest absolute Gasteiger partial charge is 0.421 e. The van der Waals surface area contributed by atoms with Gasteiger partial charge in [0.1, 0.15) is 0 Å². The number of nitro groups is 2. The molecule has 2 aromatic rings. The average Bonchev–Trinajstić information content (AvgIpc) is 2.55. The predicted molar refractivity (Wildman–Crippen MR) is 95.9 cm³/mol. The molecule has 0 spiro atoms. The predicted octanol–water partition coefficient (Wildman–Crippen LogP) is 4.59. The second-order valence-corrected chi connectivity index (χ2v) is 6.37. The molecule has 8 nitrogen and oxygen atoms in total. The van der Waals surface area contributed by atoms with Gasteiger partial charge >= 0.3 is 5.97 Å². The first-order chi connectivity index (χ1) is 11.8. The Morgan fingerprint density at radius 1 is 1.08 bits per heavy atom. The maximum atomic E-state index is 12.2. The minimum atomic E-state index is -0.756. The molecule has 25 heavy (non-hydrogen) atoms. The van der Waals surface area contributed by atoms with Crippen LogP contribution in [-0.4, -0.2) is 15.8 Å². The number of benzene rings is 2. The van der Waals surface area contributed by atoms with E-state index in [9.17, 15) is 25.0 Å². The van der Waals surface area contributed by atoms with Crippen LogP contribution in [-0.2, 0) is 0 Å². The highest BCUT2D eigenvalue weighted by Crippen LogP contribution is 2.34. The van der Waals surface area contributed by atoms with Crippen molar-refractivity contribution in [3.63, 3.8) is 0 Å². The quantitative estimate of drug-likeness (QED) is 0.273. The highest BCUT2D eigenvalue weighted by Gasteiger charge is 2.16. The van der Waals surface area contributed by atoms with Crippen molar-refractivity contribution >= 4 is 49.6 Å². The summed E-state index contributed by atoms with van der Waals surface area (Å²) in [4.78, 5) is 32.2. The molecule has 0 saturated heterocycles. The minimum absolute atomic E-state index is 0.0876. The third-order valence-electron chi connectivity index (χ3n) is 2.92. The van der Waals surface area contributed by atoms with Gasteiger partial charge in [-0.05, 0) is 40.2 Å². The minimum Gasteiger partial charge on any atom is -0.421 e. The lowest BCUT2D eigenvalue weighted by Gasteiger charge is -2.10. The van der Waals surface area contributed by atoms with Crippen LogP contribution in [0.25, 0.3) is 6.08 Å². The van der Waals surface area contributed by atoms with Gasteiger partial charge in [-0.2, -0.15) is 0 Å². The Morgan fingerprint density at radius 3 is 2.28 bits per heavy atom. The number of rotatable bonds is 5. The standard InChI is InChI=1S/C15H8Br2N2O6/c16-11-7-10(5-6-18(21)22)14(13(17)8-11)25-15(20)9-1-3-12(4-2-9)19(23)24/h1-8H. The zero-order valence-corrected chi connectivity index (χ0v) is 15.4. The zero-order valence-electron chi connectivity index (χ0n) is 12.2. The summed E-state index contributed by atoms with van der Waals surface area (Å²) in [5, 5.41) is 21.2. The number of nitro benzene ring substituents is 1. The fourth-order valence-corrected chi connectivity index (χ4v) is 3.16. The highest BCUT2D eigenvalue weighted by atomic mass is 79.9. The summed E-state index contributed by atoms with van der Waals surface area (Å²) in [6, 6.07) is 8.05. The summed E-state index contributed by atoms with van der Waals surface area (Å²) in [7, 11) is 0. The fraction of sp³-hybridized carbons (Fsp3) is 0. The number of carbonyl (C=O) groups excluding carboxylic acids is 1. The Balaban J connectivity index is 2.33. The number of carbonyl (C=O) groups is 1. The Bertz CT molecular complexity index is 880. The third-order valence-corrected chi connectivity index (χ3v) is 3.97. The van der Waals surface area contributed by atoms with Crippen molar-refractivity contribution in [1.82, 2.24) is 0 Å². The van der Waals surface area contributed by atoms with Crippen LogP contribution in [0.1, 0.15) is 15.9 Å². The van der Waals surface area contributed by atoms with Gasteiger partial charge in [0, 0.05) is 28.2 Å². The summed E-state index contributed by atoms with van der Waals surface area (Å²) in [6.45, 7) is 0. The first-order valence-electron chi connectivity index (χ1n) is 6.55. The molecule has 0 heterocycles. The van der Waals surface area contributed by atoms with Gasteiger partial charge in [0.25, 0.3) is 5.69 Å². The molecule has 0 aliphatic heterocycles. The fourth-order valence-electron chi connectivity index (χ4n) is 1.82. The number of hydrogen-bond donors (Lipinski definition) is 0. The van der Waals surface area contributed by atoms with Gasteiger partial charge in [0.15, 0.2) is 5.75 Å². The first-order valence-corrected chi connectivity index (χ1v) is 8.14. The number of halogens is 2. The Kier molecular flexibility index (Phi) is 5.99. The van der Waals surface area contributed by atoms with E-state index in [-0.39, 0.29) is 17.0 Å². The number of ether oxygens (including phenoxy) is 1. The molecule has 0 bridgehead atoms.